The van der Waals surface area contributed by atoms with Crippen molar-refractivity contribution in [2.45, 2.75) is 32.6 Å². The molecule has 0 radical (unpaired) electrons. The maximum Gasteiger partial charge on any atom is 0.291 e. The second-order valence-corrected chi connectivity index (χ2v) is 8.65. The quantitative estimate of drug-likeness (QED) is 0.316. The van der Waals surface area contributed by atoms with Crippen LogP contribution in [0.4, 0.5) is 0 Å². The van der Waals surface area contributed by atoms with Crippen LogP contribution in [-0.4, -0.2) is 28.3 Å². The Hall–Kier alpha value is -3.45. The summed E-state index contributed by atoms with van der Waals surface area (Å²) in [5.74, 6) is 1.88. The summed E-state index contributed by atoms with van der Waals surface area (Å²) in [6.45, 7) is 2.86. The Kier molecular flexibility index (Phi) is 7.52. The van der Waals surface area contributed by atoms with Crippen molar-refractivity contribution >= 4 is 34.5 Å². The minimum absolute atomic E-state index is 0.183. The predicted molar refractivity (Wildman–Crippen MR) is 134 cm³/mol. The molecule has 2 aromatic carbocycles. The molecule has 0 unspecified atom stereocenters. The van der Waals surface area contributed by atoms with Gasteiger partial charge in [0.1, 0.15) is 0 Å². The third-order valence-electron chi connectivity index (χ3n) is 5.16. The summed E-state index contributed by atoms with van der Waals surface area (Å²) >= 11 is 1.32. The molecule has 2 heterocycles. The lowest BCUT2D eigenvalue weighted by atomic mass is 10.2. The molecule has 4 rings (SSSR count). The summed E-state index contributed by atoms with van der Waals surface area (Å²) in [4.78, 5) is 17.9. The van der Waals surface area contributed by atoms with Gasteiger partial charge in [-0.25, -0.2) is 0 Å². The summed E-state index contributed by atoms with van der Waals surface area (Å²) in [6, 6.07) is 15.6. The van der Waals surface area contributed by atoms with E-state index in [1.807, 2.05) is 66.8 Å². The van der Waals surface area contributed by atoms with Crippen molar-refractivity contribution in [2.75, 3.05) is 13.7 Å². The Bertz CT molecular complexity index is 1340. The molecular formula is C26H27N3O3S. The van der Waals surface area contributed by atoms with E-state index in [4.69, 9.17) is 9.47 Å². The van der Waals surface area contributed by atoms with E-state index in [9.17, 15) is 4.79 Å². The van der Waals surface area contributed by atoms with Gasteiger partial charge >= 0.3 is 0 Å². The van der Waals surface area contributed by atoms with Crippen molar-refractivity contribution < 1.29 is 9.47 Å². The molecule has 4 aromatic rings. The zero-order chi connectivity index (χ0) is 23.0. The largest absolute Gasteiger partial charge is 0.493 e. The Labute approximate surface area is 196 Å². The Morgan fingerprint density at radius 3 is 2.61 bits per heavy atom. The van der Waals surface area contributed by atoms with E-state index in [0.29, 0.717) is 33.4 Å². The van der Waals surface area contributed by atoms with E-state index in [-0.39, 0.29) is 5.56 Å². The lowest BCUT2D eigenvalue weighted by Gasteiger charge is -2.11. The highest BCUT2D eigenvalue weighted by Crippen LogP contribution is 2.28. The first-order valence-corrected chi connectivity index (χ1v) is 11.9. The lowest BCUT2D eigenvalue weighted by molar-refractivity contribution is 0.285. The Morgan fingerprint density at radius 2 is 1.85 bits per heavy atom. The van der Waals surface area contributed by atoms with Crippen molar-refractivity contribution in [1.82, 2.24) is 14.6 Å². The van der Waals surface area contributed by atoms with Gasteiger partial charge in [0.2, 0.25) is 4.96 Å². The molecule has 0 aliphatic heterocycles. The fourth-order valence-electron chi connectivity index (χ4n) is 3.41. The first-order valence-electron chi connectivity index (χ1n) is 11.1. The van der Waals surface area contributed by atoms with Gasteiger partial charge in [-0.1, -0.05) is 80.0 Å². The minimum Gasteiger partial charge on any atom is -0.493 e. The number of rotatable bonds is 10. The van der Waals surface area contributed by atoms with Crippen molar-refractivity contribution in [1.29, 1.82) is 0 Å². The molecule has 0 N–H and O–H groups in total. The fourth-order valence-corrected chi connectivity index (χ4v) is 4.32. The monoisotopic (exact) mass is 461 g/mol. The van der Waals surface area contributed by atoms with Crippen LogP contribution in [0.3, 0.4) is 0 Å². The molecule has 6 nitrogen and oxygen atoms in total. The highest BCUT2D eigenvalue weighted by Gasteiger charge is 2.10. The number of benzene rings is 2. The average Bonchev–Trinajstić information content (AvgIpc) is 3.37. The van der Waals surface area contributed by atoms with Crippen molar-refractivity contribution in [3.8, 4) is 11.5 Å². The summed E-state index contributed by atoms with van der Waals surface area (Å²) < 4.78 is 13.3. The summed E-state index contributed by atoms with van der Waals surface area (Å²) in [6.07, 6.45) is 10.2. The lowest BCUT2D eigenvalue weighted by Crippen LogP contribution is -2.23. The number of hydrogen-bond acceptors (Lipinski definition) is 6. The maximum atomic E-state index is 12.8. The molecule has 0 aliphatic rings. The second-order valence-electron chi connectivity index (χ2n) is 7.64. The zero-order valence-electron chi connectivity index (χ0n) is 18.9. The number of unbranched alkanes of at least 4 members (excludes halogenated alkanes) is 3. The van der Waals surface area contributed by atoms with E-state index >= 15 is 0 Å². The van der Waals surface area contributed by atoms with Crippen LogP contribution in [0, 0.1) is 0 Å². The Balaban J connectivity index is 1.52. The number of fused-ring (bicyclic) bond motifs is 1. The van der Waals surface area contributed by atoms with E-state index in [1.165, 1.54) is 28.7 Å². The first kappa shape index (κ1) is 22.7. The molecule has 33 heavy (non-hydrogen) atoms. The highest BCUT2D eigenvalue weighted by molar-refractivity contribution is 7.15. The molecule has 0 saturated heterocycles. The van der Waals surface area contributed by atoms with Gasteiger partial charge in [0.25, 0.3) is 5.56 Å². The average molecular weight is 462 g/mol. The molecule has 0 amide bonds. The SMILES string of the molecule is CCCCCCOc1ccc(/C=c2/sc3nc(/C=C/c4ccccc4)nn3c2=O)cc1OC. The van der Waals surface area contributed by atoms with E-state index in [0.717, 1.165) is 24.0 Å². The van der Waals surface area contributed by atoms with Gasteiger partial charge in [0.05, 0.1) is 18.2 Å². The van der Waals surface area contributed by atoms with E-state index in [1.54, 1.807) is 7.11 Å². The Morgan fingerprint density at radius 1 is 1.00 bits per heavy atom. The van der Waals surface area contributed by atoms with Gasteiger partial charge in [-0.2, -0.15) is 9.50 Å². The fraction of sp³-hybridized carbons (Fsp3) is 0.269. The standard InChI is InChI=1S/C26H27N3O3S/c1-3-4-5-9-16-32-21-14-12-20(17-22(21)31-2)18-23-25(30)29-26(33-23)27-24(28-29)15-13-19-10-7-6-8-11-19/h6-8,10-15,17-18H,3-5,9,16H2,1-2H3/b15-13+,23-18+. The number of thiazole rings is 1. The normalized spacial score (nSPS) is 12.1. The third-order valence-corrected chi connectivity index (χ3v) is 6.12. The first-order chi connectivity index (χ1) is 16.2. The van der Waals surface area contributed by atoms with Crippen LogP contribution in [0.5, 0.6) is 11.5 Å². The number of aromatic nitrogens is 3. The number of methoxy groups -OCH3 is 1. The van der Waals surface area contributed by atoms with Crippen LogP contribution in [-0.2, 0) is 0 Å². The molecule has 0 aliphatic carbocycles. The van der Waals surface area contributed by atoms with Gasteiger partial charge < -0.3 is 9.47 Å². The second kappa shape index (κ2) is 10.9. The van der Waals surface area contributed by atoms with Crippen molar-refractivity contribution in [3.63, 3.8) is 0 Å². The number of hydrogen-bond donors (Lipinski definition) is 0. The number of nitrogens with zero attached hydrogens (tertiary/aromatic N) is 3. The predicted octanol–water partition coefficient (Wildman–Crippen LogP) is 4.84. The molecule has 7 heteroatoms. The van der Waals surface area contributed by atoms with Crippen molar-refractivity contribution in [2.24, 2.45) is 0 Å². The smallest absolute Gasteiger partial charge is 0.291 e. The van der Waals surface area contributed by atoms with Gasteiger partial charge in [-0.05, 0) is 41.8 Å². The topological polar surface area (TPSA) is 65.7 Å². The van der Waals surface area contributed by atoms with Gasteiger partial charge in [0, 0.05) is 0 Å². The summed E-state index contributed by atoms with van der Waals surface area (Å²) in [5, 5.41) is 4.34. The van der Waals surface area contributed by atoms with Crippen molar-refractivity contribution in [3.05, 3.63) is 80.4 Å². The molecule has 0 spiro atoms. The van der Waals surface area contributed by atoms with Crippen LogP contribution < -0.4 is 19.6 Å². The summed E-state index contributed by atoms with van der Waals surface area (Å²) in [7, 11) is 1.62. The molecule has 0 fully saturated rings. The van der Waals surface area contributed by atoms with Gasteiger partial charge in [-0.3, -0.25) is 4.79 Å². The molecule has 0 atom stereocenters. The maximum absolute atomic E-state index is 12.8. The minimum atomic E-state index is -0.183. The van der Waals surface area contributed by atoms with Crippen LogP contribution in [0.15, 0.2) is 53.3 Å². The summed E-state index contributed by atoms with van der Waals surface area (Å²) in [5.41, 5.74) is 1.72. The molecular weight excluding hydrogens is 434 g/mol. The molecule has 0 bridgehead atoms. The zero-order valence-corrected chi connectivity index (χ0v) is 19.7. The van der Waals surface area contributed by atoms with Crippen LogP contribution in [0.25, 0.3) is 23.2 Å². The van der Waals surface area contributed by atoms with Crippen LogP contribution >= 0.6 is 11.3 Å². The van der Waals surface area contributed by atoms with E-state index in [2.05, 4.69) is 17.0 Å². The molecule has 2 aromatic heterocycles. The van der Waals surface area contributed by atoms with Crippen LogP contribution in [0.2, 0.25) is 0 Å². The highest BCUT2D eigenvalue weighted by atomic mass is 32.1. The number of ether oxygens (including phenoxy) is 2. The van der Waals surface area contributed by atoms with E-state index < -0.39 is 0 Å². The van der Waals surface area contributed by atoms with Gasteiger partial charge in [0.15, 0.2) is 17.3 Å². The molecule has 0 saturated carbocycles. The van der Waals surface area contributed by atoms with Gasteiger partial charge in [-0.15, -0.1) is 5.10 Å². The molecule has 170 valence electrons. The van der Waals surface area contributed by atoms with Crippen LogP contribution in [0.1, 0.15) is 49.6 Å². The third kappa shape index (κ3) is 5.68.